The fourth-order valence-electron chi connectivity index (χ4n) is 3.07. The molecular formula is C20H18ClN3O6. The third-order valence-electron chi connectivity index (χ3n) is 4.70. The van der Waals surface area contributed by atoms with Gasteiger partial charge in [0.05, 0.1) is 16.5 Å². The number of amides is 2. The summed E-state index contributed by atoms with van der Waals surface area (Å²) in [6, 6.07) is 10.7. The van der Waals surface area contributed by atoms with E-state index in [4.69, 9.17) is 16.3 Å². The number of hydrogen-bond donors (Lipinski definition) is 1. The van der Waals surface area contributed by atoms with Crippen molar-refractivity contribution in [1.82, 2.24) is 0 Å². The van der Waals surface area contributed by atoms with Crippen LogP contribution in [0.5, 0.6) is 0 Å². The molecule has 0 saturated carbocycles. The summed E-state index contributed by atoms with van der Waals surface area (Å²) in [5.41, 5.74) is 1.38. The van der Waals surface area contributed by atoms with Gasteiger partial charge < -0.3 is 15.0 Å². The minimum Gasteiger partial charge on any atom is -0.455 e. The molecular weight excluding hydrogens is 414 g/mol. The molecule has 1 atom stereocenters. The van der Waals surface area contributed by atoms with Crippen molar-refractivity contribution in [2.75, 3.05) is 23.4 Å². The topological polar surface area (TPSA) is 119 Å². The predicted octanol–water partition coefficient (Wildman–Crippen LogP) is 3.09. The maximum Gasteiger partial charge on any atom is 0.311 e. The summed E-state index contributed by atoms with van der Waals surface area (Å²) in [4.78, 5) is 48.3. The predicted molar refractivity (Wildman–Crippen MR) is 109 cm³/mol. The molecule has 1 saturated heterocycles. The molecule has 10 heteroatoms. The van der Waals surface area contributed by atoms with Gasteiger partial charge in [-0.15, -0.1) is 0 Å². The van der Waals surface area contributed by atoms with Crippen LogP contribution in [-0.2, 0) is 19.1 Å². The lowest BCUT2D eigenvalue weighted by Crippen LogP contribution is -2.28. The molecule has 0 bridgehead atoms. The number of rotatable bonds is 6. The van der Waals surface area contributed by atoms with E-state index in [1.807, 2.05) is 0 Å². The second-order valence-electron chi connectivity index (χ2n) is 6.75. The summed E-state index contributed by atoms with van der Waals surface area (Å²) in [5, 5.41) is 14.0. The van der Waals surface area contributed by atoms with Crippen LogP contribution in [0, 0.1) is 23.0 Å². The van der Waals surface area contributed by atoms with Crippen LogP contribution in [-0.4, -0.2) is 35.9 Å². The molecule has 9 nitrogen and oxygen atoms in total. The second kappa shape index (κ2) is 8.91. The van der Waals surface area contributed by atoms with Gasteiger partial charge in [0.1, 0.15) is 0 Å². The van der Waals surface area contributed by atoms with Gasteiger partial charge in [0, 0.05) is 35.8 Å². The standard InChI is InChI=1S/C20H18ClN3O6/c1-12-16(21)6-3-7-17(12)22-18(25)11-30-20(27)13-8-19(26)23(10-13)14-4-2-5-15(9-14)24(28)29/h2-7,9,13H,8,10-11H2,1H3,(H,22,25)/t13-/m0/s1. The van der Waals surface area contributed by atoms with Crippen molar-refractivity contribution in [3.8, 4) is 0 Å². The number of esters is 1. The molecule has 0 aliphatic carbocycles. The van der Waals surface area contributed by atoms with Crippen molar-refractivity contribution in [2.24, 2.45) is 5.92 Å². The number of halogens is 1. The Bertz CT molecular complexity index is 1030. The summed E-state index contributed by atoms with van der Waals surface area (Å²) >= 11 is 6.01. The second-order valence-corrected chi connectivity index (χ2v) is 7.16. The molecule has 2 aromatic carbocycles. The third-order valence-corrected chi connectivity index (χ3v) is 5.11. The van der Waals surface area contributed by atoms with Crippen LogP contribution >= 0.6 is 11.6 Å². The first kappa shape index (κ1) is 21.3. The number of nitro benzene ring substituents is 1. The van der Waals surface area contributed by atoms with Crippen LogP contribution in [0.3, 0.4) is 0 Å². The SMILES string of the molecule is Cc1c(Cl)cccc1NC(=O)COC(=O)[C@H]1CC(=O)N(c2cccc([N+](=O)[O-])c2)C1. The molecule has 156 valence electrons. The van der Waals surface area contributed by atoms with Gasteiger partial charge in [0.2, 0.25) is 5.91 Å². The van der Waals surface area contributed by atoms with Gasteiger partial charge in [-0.25, -0.2) is 0 Å². The fourth-order valence-corrected chi connectivity index (χ4v) is 3.25. The minimum absolute atomic E-state index is 0.0217. The molecule has 1 N–H and O–H groups in total. The number of hydrogen-bond acceptors (Lipinski definition) is 6. The van der Waals surface area contributed by atoms with Crippen molar-refractivity contribution < 1.29 is 24.0 Å². The molecule has 0 unspecified atom stereocenters. The van der Waals surface area contributed by atoms with Crippen LogP contribution in [0.25, 0.3) is 0 Å². The summed E-state index contributed by atoms with van der Waals surface area (Å²) < 4.78 is 5.05. The molecule has 0 aromatic heterocycles. The summed E-state index contributed by atoms with van der Waals surface area (Å²) in [5.74, 6) is -2.34. The Morgan fingerprint density at radius 3 is 2.77 bits per heavy atom. The van der Waals surface area contributed by atoms with Crippen LogP contribution < -0.4 is 10.2 Å². The van der Waals surface area contributed by atoms with Crippen molar-refractivity contribution in [3.05, 3.63) is 63.2 Å². The normalized spacial score (nSPS) is 15.7. The highest BCUT2D eigenvalue weighted by atomic mass is 35.5. The van der Waals surface area contributed by atoms with Gasteiger partial charge in [-0.2, -0.15) is 0 Å². The average Bonchev–Trinajstić information content (AvgIpc) is 3.11. The average molecular weight is 432 g/mol. The zero-order valence-electron chi connectivity index (χ0n) is 16.0. The summed E-state index contributed by atoms with van der Waals surface area (Å²) in [6.45, 7) is 1.26. The number of carbonyl (C=O) groups is 3. The van der Waals surface area contributed by atoms with Gasteiger partial charge in [0.25, 0.3) is 11.6 Å². The fraction of sp³-hybridized carbons (Fsp3) is 0.250. The Hall–Kier alpha value is -3.46. The third kappa shape index (κ3) is 4.74. The molecule has 1 aliphatic heterocycles. The van der Waals surface area contributed by atoms with Crippen LogP contribution in [0.4, 0.5) is 17.1 Å². The van der Waals surface area contributed by atoms with E-state index in [0.29, 0.717) is 22.0 Å². The Labute approximate surface area is 176 Å². The number of anilines is 2. The molecule has 1 heterocycles. The van der Waals surface area contributed by atoms with Crippen molar-refractivity contribution in [2.45, 2.75) is 13.3 Å². The number of non-ortho nitro benzene ring substituents is 1. The van der Waals surface area contributed by atoms with Gasteiger partial charge in [-0.1, -0.05) is 23.7 Å². The first-order valence-corrected chi connectivity index (χ1v) is 9.40. The van der Waals surface area contributed by atoms with Gasteiger partial charge in [-0.05, 0) is 30.7 Å². The summed E-state index contributed by atoms with van der Waals surface area (Å²) in [6.07, 6.45) is -0.101. The summed E-state index contributed by atoms with van der Waals surface area (Å²) in [7, 11) is 0. The monoisotopic (exact) mass is 431 g/mol. The van der Waals surface area contributed by atoms with Gasteiger partial charge >= 0.3 is 5.97 Å². The number of nitrogens with one attached hydrogen (secondary N) is 1. The molecule has 30 heavy (non-hydrogen) atoms. The minimum atomic E-state index is -0.766. The van der Waals surface area contributed by atoms with Crippen LogP contribution in [0.1, 0.15) is 12.0 Å². The highest BCUT2D eigenvalue weighted by Gasteiger charge is 2.36. The van der Waals surface area contributed by atoms with E-state index in [9.17, 15) is 24.5 Å². The van der Waals surface area contributed by atoms with Crippen LogP contribution in [0.15, 0.2) is 42.5 Å². The number of nitrogens with zero attached hydrogens (tertiary/aromatic N) is 2. The quantitative estimate of drug-likeness (QED) is 0.426. The molecule has 1 fully saturated rings. The molecule has 0 spiro atoms. The van der Waals surface area contributed by atoms with Crippen molar-refractivity contribution >= 4 is 46.4 Å². The highest BCUT2D eigenvalue weighted by molar-refractivity contribution is 6.31. The molecule has 0 radical (unpaired) electrons. The Kier molecular flexibility index (Phi) is 6.31. The molecule has 3 rings (SSSR count). The maximum atomic E-state index is 12.3. The highest BCUT2D eigenvalue weighted by Crippen LogP contribution is 2.28. The maximum absolute atomic E-state index is 12.3. The molecule has 2 amide bonds. The lowest BCUT2D eigenvalue weighted by molar-refractivity contribution is -0.384. The van der Waals surface area contributed by atoms with E-state index in [2.05, 4.69) is 5.32 Å². The van der Waals surface area contributed by atoms with Gasteiger partial charge in [-0.3, -0.25) is 24.5 Å². The number of carbonyl (C=O) groups excluding carboxylic acids is 3. The largest absolute Gasteiger partial charge is 0.455 e. The zero-order valence-corrected chi connectivity index (χ0v) is 16.7. The van der Waals surface area contributed by atoms with E-state index in [-0.39, 0.29) is 24.6 Å². The smallest absolute Gasteiger partial charge is 0.311 e. The van der Waals surface area contributed by atoms with Crippen molar-refractivity contribution in [3.63, 3.8) is 0 Å². The lowest BCUT2D eigenvalue weighted by Gasteiger charge is -2.16. The lowest BCUT2D eigenvalue weighted by atomic mass is 10.1. The zero-order chi connectivity index (χ0) is 21.8. The van der Waals surface area contributed by atoms with Crippen molar-refractivity contribution in [1.29, 1.82) is 0 Å². The molecule has 2 aromatic rings. The van der Waals surface area contributed by atoms with E-state index in [1.54, 1.807) is 31.2 Å². The van der Waals surface area contributed by atoms with Crippen LogP contribution in [0.2, 0.25) is 5.02 Å². The van der Waals surface area contributed by atoms with E-state index >= 15 is 0 Å². The number of ether oxygens (including phenoxy) is 1. The first-order valence-electron chi connectivity index (χ1n) is 9.02. The number of benzene rings is 2. The Balaban J connectivity index is 1.57. The first-order chi connectivity index (χ1) is 14.3. The Morgan fingerprint density at radius 1 is 1.30 bits per heavy atom. The molecule has 1 aliphatic rings. The van der Waals surface area contributed by atoms with E-state index in [0.717, 1.165) is 0 Å². The van der Waals surface area contributed by atoms with E-state index < -0.39 is 29.3 Å². The van der Waals surface area contributed by atoms with E-state index in [1.165, 1.54) is 23.1 Å². The Morgan fingerprint density at radius 2 is 2.03 bits per heavy atom. The van der Waals surface area contributed by atoms with Gasteiger partial charge in [0.15, 0.2) is 6.61 Å². The number of nitro groups is 1.